The van der Waals surface area contributed by atoms with Crippen molar-refractivity contribution >= 4 is 40.4 Å². The van der Waals surface area contributed by atoms with Gasteiger partial charge in [-0.15, -0.1) is 11.3 Å². The number of carbonyl (C=O) groups is 2. The Morgan fingerprint density at radius 2 is 1.81 bits per heavy atom. The number of fused-ring (bicyclic) bond motifs is 1. The van der Waals surface area contributed by atoms with Gasteiger partial charge in [0.15, 0.2) is 11.5 Å². The molecule has 0 saturated carbocycles. The monoisotopic (exact) mass is 457 g/mol. The van der Waals surface area contributed by atoms with Crippen LogP contribution in [0.4, 0.5) is 5.69 Å². The summed E-state index contributed by atoms with van der Waals surface area (Å²) in [4.78, 5) is 30.0. The maximum Gasteiger partial charge on any atom is 0.313 e. The smallest absolute Gasteiger partial charge is 0.313 e. The number of anilines is 1. The molecule has 2 heterocycles. The molecule has 2 N–H and O–H groups in total. The number of ether oxygens (including phenoxy) is 2. The average Bonchev–Trinajstić information content (AvgIpc) is 3.14. The van der Waals surface area contributed by atoms with E-state index in [0.717, 1.165) is 21.1 Å². The van der Waals surface area contributed by atoms with E-state index in [1.165, 1.54) is 0 Å². The molecule has 0 saturated heterocycles. The van der Waals surface area contributed by atoms with Crippen LogP contribution >= 0.6 is 22.9 Å². The Balaban J connectivity index is 1.30. The highest BCUT2D eigenvalue weighted by Crippen LogP contribution is 2.32. The second kappa shape index (κ2) is 9.36. The van der Waals surface area contributed by atoms with Gasteiger partial charge in [-0.2, -0.15) is 0 Å². The maximum atomic E-state index is 12.2. The first-order valence-corrected chi connectivity index (χ1v) is 10.9. The number of halogens is 1. The molecule has 0 aliphatic carbocycles. The van der Waals surface area contributed by atoms with Crippen molar-refractivity contribution < 1.29 is 19.1 Å². The van der Waals surface area contributed by atoms with Crippen LogP contribution in [0.5, 0.6) is 11.5 Å². The second-order valence-electron chi connectivity index (χ2n) is 6.85. The first-order valence-electron chi connectivity index (χ1n) is 9.70. The number of rotatable bonds is 5. The molecule has 1 aliphatic heterocycles. The summed E-state index contributed by atoms with van der Waals surface area (Å²) in [5.41, 5.74) is 2.37. The third kappa shape index (κ3) is 5.15. The molecule has 0 bridgehead atoms. The number of nitrogens with one attached hydrogen (secondary N) is 2. The molecular weight excluding hydrogens is 438 g/mol. The average molecular weight is 458 g/mol. The van der Waals surface area contributed by atoms with Gasteiger partial charge in [0, 0.05) is 40.2 Å². The molecule has 0 unspecified atom stereocenters. The summed E-state index contributed by atoms with van der Waals surface area (Å²) in [6.07, 6.45) is 0.583. The van der Waals surface area contributed by atoms with E-state index < -0.39 is 11.8 Å². The van der Waals surface area contributed by atoms with Gasteiger partial charge in [-0.3, -0.25) is 9.59 Å². The standard InChI is InChI=1S/C22H20ClN3O4S/c1-13-19(31-22(25-13)14-2-4-15(23)5-3-14)8-9-24-20(27)21(28)26-16-6-7-17-18(12-16)30-11-10-29-17/h2-7,12H,8-11H2,1H3,(H,24,27)(H,26,28). The van der Waals surface area contributed by atoms with Crippen molar-refractivity contribution in [3.05, 3.63) is 58.1 Å². The van der Waals surface area contributed by atoms with Crippen molar-refractivity contribution in [2.75, 3.05) is 25.1 Å². The SMILES string of the molecule is Cc1nc(-c2ccc(Cl)cc2)sc1CCNC(=O)C(=O)Nc1ccc2c(c1)OCCO2. The highest BCUT2D eigenvalue weighted by molar-refractivity contribution is 7.15. The minimum Gasteiger partial charge on any atom is -0.486 e. The lowest BCUT2D eigenvalue weighted by Crippen LogP contribution is -2.36. The van der Waals surface area contributed by atoms with Crippen molar-refractivity contribution in [2.45, 2.75) is 13.3 Å². The summed E-state index contributed by atoms with van der Waals surface area (Å²) in [6.45, 7) is 3.20. The Labute approximate surface area is 188 Å². The van der Waals surface area contributed by atoms with Crippen LogP contribution in [0.1, 0.15) is 10.6 Å². The number of benzene rings is 2. The molecule has 0 radical (unpaired) electrons. The molecular formula is C22H20ClN3O4S. The number of amides is 2. The fraction of sp³-hybridized carbons (Fsp3) is 0.227. The zero-order valence-corrected chi connectivity index (χ0v) is 18.3. The van der Waals surface area contributed by atoms with Gasteiger partial charge < -0.3 is 20.1 Å². The third-order valence-electron chi connectivity index (χ3n) is 4.63. The van der Waals surface area contributed by atoms with E-state index in [0.29, 0.717) is 48.4 Å². The van der Waals surface area contributed by atoms with E-state index in [1.54, 1.807) is 29.5 Å². The Morgan fingerprint density at radius 1 is 1.06 bits per heavy atom. The molecule has 1 aromatic heterocycles. The maximum absolute atomic E-state index is 12.2. The molecule has 0 spiro atoms. The van der Waals surface area contributed by atoms with Crippen molar-refractivity contribution in [3.8, 4) is 22.1 Å². The molecule has 0 atom stereocenters. The van der Waals surface area contributed by atoms with Crippen molar-refractivity contribution in [1.82, 2.24) is 10.3 Å². The van der Waals surface area contributed by atoms with Crippen LogP contribution in [0.2, 0.25) is 5.02 Å². The summed E-state index contributed by atoms with van der Waals surface area (Å²) in [5.74, 6) is -0.275. The fourth-order valence-electron chi connectivity index (χ4n) is 3.05. The van der Waals surface area contributed by atoms with Crippen LogP contribution in [0.25, 0.3) is 10.6 Å². The van der Waals surface area contributed by atoms with Crippen LogP contribution in [0.15, 0.2) is 42.5 Å². The minimum absolute atomic E-state index is 0.330. The molecule has 1 aliphatic rings. The lowest BCUT2D eigenvalue weighted by Gasteiger charge is -2.18. The lowest BCUT2D eigenvalue weighted by atomic mass is 10.2. The van der Waals surface area contributed by atoms with Crippen molar-refractivity contribution in [2.24, 2.45) is 0 Å². The van der Waals surface area contributed by atoms with Gasteiger partial charge >= 0.3 is 11.8 Å². The summed E-state index contributed by atoms with van der Waals surface area (Å²) < 4.78 is 10.9. The van der Waals surface area contributed by atoms with Crippen LogP contribution < -0.4 is 20.1 Å². The number of aryl methyl sites for hydroxylation is 1. The Kier molecular flexibility index (Phi) is 6.39. The van der Waals surface area contributed by atoms with Gasteiger partial charge in [0.25, 0.3) is 0 Å². The van der Waals surface area contributed by atoms with Gasteiger partial charge in [0.2, 0.25) is 0 Å². The molecule has 9 heteroatoms. The van der Waals surface area contributed by atoms with Crippen LogP contribution in [0, 0.1) is 6.92 Å². The highest BCUT2D eigenvalue weighted by atomic mass is 35.5. The number of aromatic nitrogens is 1. The van der Waals surface area contributed by atoms with Gasteiger partial charge in [0.05, 0.1) is 5.69 Å². The minimum atomic E-state index is -0.737. The lowest BCUT2D eigenvalue weighted by molar-refractivity contribution is -0.136. The van der Waals surface area contributed by atoms with E-state index in [2.05, 4.69) is 15.6 Å². The van der Waals surface area contributed by atoms with Gasteiger partial charge in [-0.05, 0) is 31.2 Å². The number of thiazole rings is 1. The zero-order chi connectivity index (χ0) is 21.8. The van der Waals surface area contributed by atoms with Crippen molar-refractivity contribution in [1.29, 1.82) is 0 Å². The summed E-state index contributed by atoms with van der Waals surface area (Å²) in [5, 5.41) is 6.80. The molecule has 2 amide bonds. The predicted octanol–water partition coefficient (Wildman–Crippen LogP) is 3.84. The van der Waals surface area contributed by atoms with Crippen LogP contribution in [-0.2, 0) is 16.0 Å². The fourth-order valence-corrected chi connectivity index (χ4v) is 4.25. The molecule has 160 valence electrons. The predicted molar refractivity (Wildman–Crippen MR) is 120 cm³/mol. The van der Waals surface area contributed by atoms with Crippen molar-refractivity contribution in [3.63, 3.8) is 0 Å². The van der Waals surface area contributed by atoms with E-state index in [4.69, 9.17) is 21.1 Å². The quantitative estimate of drug-likeness (QED) is 0.568. The molecule has 0 fully saturated rings. The van der Waals surface area contributed by atoms with E-state index in [9.17, 15) is 9.59 Å². The molecule has 31 heavy (non-hydrogen) atoms. The number of hydrogen-bond donors (Lipinski definition) is 2. The van der Waals surface area contributed by atoms with Gasteiger partial charge in [0.1, 0.15) is 18.2 Å². The van der Waals surface area contributed by atoms with Gasteiger partial charge in [-0.1, -0.05) is 23.7 Å². The van der Waals surface area contributed by atoms with Crippen LogP contribution in [0.3, 0.4) is 0 Å². The number of nitrogens with zero attached hydrogens (tertiary/aromatic N) is 1. The first-order chi connectivity index (χ1) is 15.0. The first kappa shape index (κ1) is 21.1. The Morgan fingerprint density at radius 3 is 2.58 bits per heavy atom. The largest absolute Gasteiger partial charge is 0.486 e. The Bertz CT molecular complexity index is 1110. The third-order valence-corrected chi connectivity index (χ3v) is 6.15. The Hall–Kier alpha value is -3.10. The summed E-state index contributed by atoms with van der Waals surface area (Å²) >= 11 is 7.50. The normalized spacial score (nSPS) is 12.3. The molecule has 7 nitrogen and oxygen atoms in total. The second-order valence-corrected chi connectivity index (χ2v) is 8.37. The summed E-state index contributed by atoms with van der Waals surface area (Å²) in [7, 11) is 0. The summed E-state index contributed by atoms with van der Waals surface area (Å²) in [6, 6.07) is 12.5. The molecule has 3 aromatic rings. The highest BCUT2D eigenvalue weighted by Gasteiger charge is 2.17. The zero-order valence-electron chi connectivity index (χ0n) is 16.7. The van der Waals surface area contributed by atoms with E-state index in [1.807, 2.05) is 31.2 Å². The number of hydrogen-bond acceptors (Lipinski definition) is 6. The topological polar surface area (TPSA) is 89.6 Å². The molecule has 2 aromatic carbocycles. The molecule has 4 rings (SSSR count). The van der Waals surface area contributed by atoms with Crippen LogP contribution in [-0.4, -0.2) is 36.6 Å². The van der Waals surface area contributed by atoms with Gasteiger partial charge in [-0.25, -0.2) is 4.98 Å². The van der Waals surface area contributed by atoms with E-state index >= 15 is 0 Å². The number of carbonyl (C=O) groups excluding carboxylic acids is 2. The van der Waals surface area contributed by atoms with E-state index in [-0.39, 0.29) is 0 Å².